The van der Waals surface area contributed by atoms with Gasteiger partial charge in [0.1, 0.15) is 5.75 Å². The van der Waals surface area contributed by atoms with Crippen molar-refractivity contribution in [1.29, 1.82) is 0 Å². The Bertz CT molecular complexity index is 1020. The van der Waals surface area contributed by atoms with Gasteiger partial charge < -0.3 is 25.0 Å². The Morgan fingerprint density at radius 1 is 1.11 bits per heavy atom. The maximum absolute atomic E-state index is 13.0. The highest BCUT2D eigenvalue weighted by Gasteiger charge is 2.28. The number of pyridine rings is 1. The van der Waals surface area contributed by atoms with E-state index in [-0.39, 0.29) is 17.9 Å². The van der Waals surface area contributed by atoms with Crippen LogP contribution in [0.5, 0.6) is 5.75 Å². The fourth-order valence-electron chi connectivity index (χ4n) is 4.59. The number of rotatable bonds is 7. The average molecular weight is 482 g/mol. The topological polar surface area (TPSA) is 96.0 Å². The molecule has 35 heavy (non-hydrogen) atoms. The number of morpholine rings is 1. The molecule has 3 amide bonds. The molecule has 3 heterocycles. The normalized spacial score (nSPS) is 17.1. The number of amides is 3. The monoisotopic (exact) mass is 481 g/mol. The zero-order chi connectivity index (χ0) is 24.6. The van der Waals surface area contributed by atoms with Crippen molar-refractivity contribution >= 4 is 17.6 Å². The van der Waals surface area contributed by atoms with Crippen molar-refractivity contribution in [3.05, 3.63) is 53.3 Å². The minimum Gasteiger partial charge on any atom is -0.497 e. The van der Waals surface area contributed by atoms with Crippen LogP contribution in [-0.2, 0) is 4.74 Å². The van der Waals surface area contributed by atoms with E-state index in [0.29, 0.717) is 36.6 Å². The second kappa shape index (κ2) is 12.0. The lowest BCUT2D eigenvalue weighted by Crippen LogP contribution is -2.42. The molecule has 2 N–H and O–H groups in total. The highest BCUT2D eigenvalue weighted by molar-refractivity contribution is 5.95. The Morgan fingerprint density at radius 3 is 2.63 bits per heavy atom. The second-order valence-electron chi connectivity index (χ2n) is 9.02. The van der Waals surface area contributed by atoms with Gasteiger partial charge in [0.2, 0.25) is 0 Å². The van der Waals surface area contributed by atoms with Gasteiger partial charge in [-0.15, -0.1) is 0 Å². The van der Waals surface area contributed by atoms with Crippen LogP contribution in [0.25, 0.3) is 0 Å². The van der Waals surface area contributed by atoms with E-state index in [9.17, 15) is 9.59 Å². The number of aryl methyl sites for hydroxylation is 1. The first-order chi connectivity index (χ1) is 17.0. The first kappa shape index (κ1) is 24.9. The number of nitrogens with zero attached hydrogens (tertiary/aromatic N) is 3. The number of anilines is 1. The number of hydrogen-bond donors (Lipinski definition) is 2. The summed E-state index contributed by atoms with van der Waals surface area (Å²) in [5, 5.41) is 6.01. The first-order valence-corrected chi connectivity index (χ1v) is 12.3. The van der Waals surface area contributed by atoms with Gasteiger partial charge in [-0.05, 0) is 44.0 Å². The second-order valence-corrected chi connectivity index (χ2v) is 9.02. The van der Waals surface area contributed by atoms with Crippen molar-refractivity contribution in [1.82, 2.24) is 20.1 Å². The van der Waals surface area contributed by atoms with E-state index >= 15 is 0 Å². The summed E-state index contributed by atoms with van der Waals surface area (Å²) in [6.45, 7) is 7.85. The van der Waals surface area contributed by atoms with Crippen LogP contribution >= 0.6 is 0 Å². The van der Waals surface area contributed by atoms with Crippen molar-refractivity contribution in [3.8, 4) is 5.75 Å². The van der Waals surface area contributed by atoms with Crippen molar-refractivity contribution in [3.63, 3.8) is 0 Å². The zero-order valence-corrected chi connectivity index (χ0v) is 20.6. The van der Waals surface area contributed by atoms with E-state index < -0.39 is 0 Å². The minimum absolute atomic E-state index is 0.0843. The van der Waals surface area contributed by atoms with E-state index in [4.69, 9.17) is 14.5 Å². The largest absolute Gasteiger partial charge is 0.497 e. The number of benzene rings is 1. The first-order valence-electron chi connectivity index (χ1n) is 12.3. The summed E-state index contributed by atoms with van der Waals surface area (Å²) in [6, 6.07) is 11.0. The van der Waals surface area contributed by atoms with Gasteiger partial charge in [-0.3, -0.25) is 14.7 Å². The molecule has 0 atom stereocenters. The molecular formula is C26H35N5O4. The van der Waals surface area contributed by atoms with Gasteiger partial charge in [-0.1, -0.05) is 6.07 Å². The maximum atomic E-state index is 13.0. The van der Waals surface area contributed by atoms with Gasteiger partial charge >= 0.3 is 6.03 Å². The summed E-state index contributed by atoms with van der Waals surface area (Å²) in [5.74, 6) is 0.748. The molecule has 0 aliphatic carbocycles. The zero-order valence-electron chi connectivity index (χ0n) is 20.6. The van der Waals surface area contributed by atoms with Gasteiger partial charge in [0.25, 0.3) is 5.91 Å². The highest BCUT2D eigenvalue weighted by Crippen LogP contribution is 2.30. The Kier molecular flexibility index (Phi) is 8.54. The standard InChI is InChI=1S/C26H35N5O4/c1-19-6-7-23(25(32)27-10-13-30-14-16-35-17-15-30)24(28-19)20-8-11-31(12-9-20)26(33)29-21-4-3-5-22(18-21)34-2/h3-7,18,20H,8-17H2,1-2H3,(H,27,32)(H,29,33). The fourth-order valence-corrected chi connectivity index (χ4v) is 4.59. The molecule has 4 rings (SSSR count). The third kappa shape index (κ3) is 6.70. The highest BCUT2D eigenvalue weighted by atomic mass is 16.5. The number of likely N-dealkylation sites (tertiary alicyclic amines) is 1. The molecule has 2 fully saturated rings. The van der Waals surface area contributed by atoms with Gasteiger partial charge in [0.05, 0.1) is 31.6 Å². The van der Waals surface area contributed by atoms with E-state index in [1.54, 1.807) is 13.2 Å². The summed E-state index contributed by atoms with van der Waals surface area (Å²) in [7, 11) is 1.60. The average Bonchev–Trinajstić information content (AvgIpc) is 2.89. The Labute approximate surface area is 206 Å². The van der Waals surface area contributed by atoms with Crippen LogP contribution in [0.15, 0.2) is 36.4 Å². The van der Waals surface area contributed by atoms with Gasteiger partial charge in [-0.25, -0.2) is 4.79 Å². The van der Waals surface area contributed by atoms with Crippen LogP contribution in [0.4, 0.5) is 10.5 Å². The number of ether oxygens (including phenoxy) is 2. The number of nitrogens with one attached hydrogen (secondary N) is 2. The third-order valence-corrected chi connectivity index (χ3v) is 6.62. The maximum Gasteiger partial charge on any atom is 0.321 e. The number of carbonyl (C=O) groups is 2. The lowest BCUT2D eigenvalue weighted by atomic mass is 9.90. The molecule has 2 aromatic rings. The van der Waals surface area contributed by atoms with Gasteiger partial charge in [0, 0.05) is 62.6 Å². The number of aromatic nitrogens is 1. The predicted molar refractivity (Wildman–Crippen MR) is 134 cm³/mol. The van der Waals surface area contributed by atoms with Crippen LogP contribution < -0.4 is 15.4 Å². The Balaban J connectivity index is 1.33. The summed E-state index contributed by atoms with van der Waals surface area (Å²) >= 11 is 0. The lowest BCUT2D eigenvalue weighted by molar-refractivity contribution is 0.0383. The molecule has 2 aliphatic heterocycles. The smallest absolute Gasteiger partial charge is 0.321 e. The molecule has 2 aliphatic rings. The van der Waals surface area contributed by atoms with Crippen LogP contribution in [0.3, 0.4) is 0 Å². The number of carbonyl (C=O) groups excluding carboxylic acids is 2. The van der Waals surface area contributed by atoms with Crippen molar-refractivity contribution in [2.75, 3.05) is 64.9 Å². The number of piperidine rings is 1. The van der Waals surface area contributed by atoms with Crippen molar-refractivity contribution < 1.29 is 19.1 Å². The number of methoxy groups -OCH3 is 1. The molecule has 1 aromatic carbocycles. The molecule has 0 unspecified atom stereocenters. The molecule has 9 heteroatoms. The molecule has 1 aromatic heterocycles. The van der Waals surface area contributed by atoms with Crippen LogP contribution in [-0.4, -0.2) is 86.3 Å². The van der Waals surface area contributed by atoms with Crippen molar-refractivity contribution in [2.24, 2.45) is 0 Å². The van der Waals surface area contributed by atoms with E-state index in [0.717, 1.165) is 57.1 Å². The van der Waals surface area contributed by atoms with E-state index in [1.807, 2.05) is 42.2 Å². The number of urea groups is 1. The van der Waals surface area contributed by atoms with Crippen LogP contribution in [0, 0.1) is 6.92 Å². The summed E-state index contributed by atoms with van der Waals surface area (Å²) in [5.41, 5.74) is 3.06. The molecule has 2 saturated heterocycles. The quantitative estimate of drug-likeness (QED) is 0.631. The fraction of sp³-hybridized carbons (Fsp3) is 0.500. The Hall–Kier alpha value is -3.17. The summed E-state index contributed by atoms with van der Waals surface area (Å²) in [4.78, 5) is 34.6. The molecule has 0 radical (unpaired) electrons. The van der Waals surface area contributed by atoms with Gasteiger partial charge in [0.15, 0.2) is 0 Å². The predicted octanol–water partition coefficient (Wildman–Crippen LogP) is 2.87. The SMILES string of the molecule is COc1cccc(NC(=O)N2CCC(c3nc(C)ccc3C(=O)NCCN3CCOCC3)CC2)c1. The number of hydrogen-bond acceptors (Lipinski definition) is 6. The van der Waals surface area contributed by atoms with Crippen LogP contribution in [0.2, 0.25) is 0 Å². The molecule has 9 nitrogen and oxygen atoms in total. The summed E-state index contributed by atoms with van der Waals surface area (Å²) in [6.07, 6.45) is 1.52. The molecule has 0 spiro atoms. The molecular weight excluding hydrogens is 446 g/mol. The minimum atomic E-state index is -0.130. The van der Waals surface area contributed by atoms with Crippen LogP contribution in [0.1, 0.15) is 40.5 Å². The van der Waals surface area contributed by atoms with E-state index in [1.165, 1.54) is 0 Å². The summed E-state index contributed by atoms with van der Waals surface area (Å²) < 4.78 is 10.6. The Morgan fingerprint density at radius 2 is 1.89 bits per heavy atom. The molecule has 0 saturated carbocycles. The lowest BCUT2D eigenvalue weighted by Gasteiger charge is -2.32. The van der Waals surface area contributed by atoms with Crippen molar-refractivity contribution in [2.45, 2.75) is 25.7 Å². The van der Waals surface area contributed by atoms with Gasteiger partial charge in [-0.2, -0.15) is 0 Å². The van der Waals surface area contributed by atoms with E-state index in [2.05, 4.69) is 15.5 Å². The molecule has 188 valence electrons. The molecule has 0 bridgehead atoms. The third-order valence-electron chi connectivity index (χ3n) is 6.62.